The molecule has 0 N–H and O–H groups in total. The van der Waals surface area contributed by atoms with Gasteiger partial charge < -0.3 is 14.2 Å². The second-order valence-corrected chi connectivity index (χ2v) is 6.63. The van der Waals surface area contributed by atoms with Crippen LogP contribution in [0.4, 0.5) is 0 Å². The van der Waals surface area contributed by atoms with Crippen LogP contribution in [0.15, 0.2) is 42.5 Å². The first-order valence-corrected chi connectivity index (χ1v) is 8.88. The van der Waals surface area contributed by atoms with Gasteiger partial charge in [0.05, 0.1) is 20.3 Å². The van der Waals surface area contributed by atoms with Crippen molar-refractivity contribution in [2.24, 2.45) is 0 Å². The zero-order valence-electron chi connectivity index (χ0n) is 15.5. The molecule has 129 valence electrons. The summed E-state index contributed by atoms with van der Waals surface area (Å²) in [7, 11) is 3.10. The van der Waals surface area contributed by atoms with Crippen LogP contribution in [0.2, 0.25) is 0 Å². The van der Waals surface area contributed by atoms with Gasteiger partial charge in [0.1, 0.15) is 22.8 Å². The maximum atomic E-state index is 12.7. The predicted molar refractivity (Wildman–Crippen MR) is 104 cm³/mol. The minimum atomic E-state index is -0.0140. The second kappa shape index (κ2) is 10.5. The molecule has 0 saturated heterocycles. The molecule has 2 atom stereocenters. The predicted octanol–water partition coefficient (Wildman–Crippen LogP) is 3.64. The van der Waals surface area contributed by atoms with Gasteiger partial charge in [-0.05, 0) is 51.5 Å². The molecule has 0 aliphatic rings. The van der Waals surface area contributed by atoms with E-state index in [0.717, 1.165) is 17.5 Å². The van der Waals surface area contributed by atoms with Gasteiger partial charge in [-0.2, -0.15) is 0 Å². The van der Waals surface area contributed by atoms with Crippen molar-refractivity contribution >= 4 is 38.3 Å². The van der Waals surface area contributed by atoms with Crippen molar-refractivity contribution < 1.29 is 19.0 Å². The topological polar surface area (TPSA) is 44.8 Å². The molecule has 0 aromatic heterocycles. The van der Waals surface area contributed by atoms with Gasteiger partial charge in [-0.25, -0.2) is 0 Å². The number of ether oxygens (including phenoxy) is 3. The van der Waals surface area contributed by atoms with Crippen LogP contribution in [0.25, 0.3) is 0 Å². The van der Waals surface area contributed by atoms with Gasteiger partial charge in [-0.15, -0.1) is 0 Å². The van der Waals surface area contributed by atoms with Gasteiger partial charge in [0.2, 0.25) is 0 Å². The Bertz CT molecular complexity index is 666. The molecule has 6 heteroatoms. The van der Waals surface area contributed by atoms with E-state index in [1.54, 1.807) is 32.4 Å². The quantitative estimate of drug-likeness (QED) is 0.537. The number of hydrogen-bond donors (Lipinski definition) is 0. The molecule has 0 saturated carbocycles. The zero-order chi connectivity index (χ0) is 17.5. The maximum Gasteiger partial charge on any atom is 0.193 e. The standard InChI is InChI=1S/C19H23O4P.Li/c1-5-13(2)23-14-9-11-15(12-10-14)24-19(20)18-16(21-3)7-6-8-17(18)22-4;/h6-13,24H,5H2,1-4H3;. The first kappa shape index (κ1) is 21.6. The molecule has 2 aromatic rings. The summed E-state index contributed by atoms with van der Waals surface area (Å²) >= 11 is 0. The first-order chi connectivity index (χ1) is 11.6. The normalized spacial score (nSPS) is 11.7. The fourth-order valence-electron chi connectivity index (χ4n) is 2.20. The van der Waals surface area contributed by atoms with Crippen LogP contribution in [0.5, 0.6) is 17.2 Å². The summed E-state index contributed by atoms with van der Waals surface area (Å²) in [4.78, 5) is 12.7. The number of carbonyl (C=O) groups excluding carboxylic acids is 1. The van der Waals surface area contributed by atoms with Gasteiger partial charge >= 0.3 is 0 Å². The van der Waals surface area contributed by atoms with E-state index in [0.29, 0.717) is 17.1 Å². The number of hydrogen-bond acceptors (Lipinski definition) is 4. The molecule has 4 nitrogen and oxygen atoms in total. The SMILES string of the molecule is CCC(C)Oc1ccc(PC(=O)c2c(OC)cccc2OC)cc1.[Li]. The Balaban J connectivity index is 0.00000312. The number of benzene rings is 2. The van der Waals surface area contributed by atoms with E-state index in [-0.39, 0.29) is 39.1 Å². The van der Waals surface area contributed by atoms with E-state index >= 15 is 0 Å². The molecule has 0 fully saturated rings. The van der Waals surface area contributed by atoms with E-state index in [4.69, 9.17) is 14.2 Å². The fourth-order valence-corrected chi connectivity index (χ4v) is 3.17. The molecular weight excluding hydrogens is 330 g/mol. The molecule has 0 spiro atoms. The number of rotatable bonds is 8. The van der Waals surface area contributed by atoms with Crippen LogP contribution >= 0.6 is 8.58 Å². The van der Waals surface area contributed by atoms with Crippen LogP contribution in [0, 0.1) is 0 Å². The maximum absolute atomic E-state index is 12.7. The molecule has 2 aromatic carbocycles. The van der Waals surface area contributed by atoms with Crippen molar-refractivity contribution in [1.29, 1.82) is 0 Å². The third kappa shape index (κ3) is 5.78. The Labute approximate surface area is 163 Å². The Morgan fingerprint density at radius 2 is 1.60 bits per heavy atom. The minimum Gasteiger partial charge on any atom is -0.496 e. The average molecular weight is 353 g/mol. The van der Waals surface area contributed by atoms with Crippen molar-refractivity contribution in [2.75, 3.05) is 14.2 Å². The van der Waals surface area contributed by atoms with E-state index in [2.05, 4.69) is 6.92 Å². The van der Waals surface area contributed by atoms with Crippen LogP contribution < -0.4 is 19.5 Å². The summed E-state index contributed by atoms with van der Waals surface area (Å²) in [6, 6.07) is 13.0. The van der Waals surface area contributed by atoms with E-state index < -0.39 is 0 Å². The fraction of sp³-hybridized carbons (Fsp3) is 0.316. The van der Waals surface area contributed by atoms with Gasteiger partial charge in [0.15, 0.2) is 5.52 Å². The van der Waals surface area contributed by atoms with Gasteiger partial charge in [-0.1, -0.05) is 25.1 Å². The van der Waals surface area contributed by atoms with E-state index in [1.807, 2.05) is 31.2 Å². The molecule has 2 unspecified atom stereocenters. The van der Waals surface area contributed by atoms with Crippen molar-refractivity contribution in [3.8, 4) is 17.2 Å². The summed E-state index contributed by atoms with van der Waals surface area (Å²) in [6.45, 7) is 4.12. The van der Waals surface area contributed by atoms with Crippen LogP contribution in [0.3, 0.4) is 0 Å². The summed E-state index contributed by atoms with van der Waals surface area (Å²) in [5.74, 6) is 1.88. The van der Waals surface area contributed by atoms with Crippen LogP contribution in [-0.2, 0) is 0 Å². The second-order valence-electron chi connectivity index (χ2n) is 5.35. The Hall–Kier alpha value is -1.46. The number of methoxy groups -OCH3 is 2. The Morgan fingerprint density at radius 1 is 1.04 bits per heavy atom. The summed E-state index contributed by atoms with van der Waals surface area (Å²) in [5.41, 5.74) is 0.473. The molecule has 25 heavy (non-hydrogen) atoms. The monoisotopic (exact) mass is 353 g/mol. The zero-order valence-corrected chi connectivity index (χ0v) is 16.5. The third-order valence-corrected chi connectivity index (χ3v) is 4.78. The summed E-state index contributed by atoms with van der Waals surface area (Å²) in [6.07, 6.45) is 1.13. The molecule has 1 radical (unpaired) electrons. The largest absolute Gasteiger partial charge is 0.496 e. The third-order valence-electron chi connectivity index (χ3n) is 3.68. The van der Waals surface area contributed by atoms with Crippen LogP contribution in [-0.4, -0.2) is 44.7 Å². The van der Waals surface area contributed by atoms with Crippen molar-refractivity contribution in [2.45, 2.75) is 26.4 Å². The van der Waals surface area contributed by atoms with E-state index in [9.17, 15) is 4.79 Å². The van der Waals surface area contributed by atoms with Gasteiger partial charge in [-0.3, -0.25) is 4.79 Å². The molecular formula is C19H23LiO4P. The number of carbonyl (C=O) groups is 1. The summed E-state index contributed by atoms with van der Waals surface area (Å²) < 4.78 is 16.4. The Kier molecular flexibility index (Phi) is 9.07. The van der Waals surface area contributed by atoms with Crippen molar-refractivity contribution in [1.82, 2.24) is 0 Å². The van der Waals surface area contributed by atoms with E-state index in [1.165, 1.54) is 0 Å². The minimum absolute atomic E-state index is 0. The van der Waals surface area contributed by atoms with Crippen LogP contribution in [0.1, 0.15) is 30.6 Å². The molecule has 0 aliphatic carbocycles. The molecule has 0 heterocycles. The Morgan fingerprint density at radius 3 is 2.08 bits per heavy atom. The molecule has 2 rings (SSSR count). The smallest absolute Gasteiger partial charge is 0.193 e. The van der Waals surface area contributed by atoms with Crippen molar-refractivity contribution in [3.63, 3.8) is 0 Å². The van der Waals surface area contributed by atoms with Gasteiger partial charge in [0.25, 0.3) is 0 Å². The molecule has 0 aliphatic heterocycles. The first-order valence-electron chi connectivity index (χ1n) is 7.88. The van der Waals surface area contributed by atoms with Gasteiger partial charge in [0, 0.05) is 18.9 Å². The average Bonchev–Trinajstić information content (AvgIpc) is 2.62. The molecule has 0 amide bonds. The van der Waals surface area contributed by atoms with Crippen molar-refractivity contribution in [3.05, 3.63) is 48.0 Å². The summed E-state index contributed by atoms with van der Waals surface area (Å²) in [5, 5.41) is 0.949. The molecule has 0 bridgehead atoms.